The Kier molecular flexibility index (Phi) is 4.34. The number of nitrogens with zero attached hydrogens (tertiary/aromatic N) is 1. The first-order chi connectivity index (χ1) is 10.1. The lowest BCUT2D eigenvalue weighted by Gasteiger charge is -2.06. The van der Waals surface area contributed by atoms with Crippen molar-refractivity contribution in [3.8, 4) is 5.88 Å². The second-order valence-corrected chi connectivity index (χ2v) is 3.69. The van der Waals surface area contributed by atoms with E-state index >= 15 is 0 Å². The van der Waals surface area contributed by atoms with Gasteiger partial charge in [0.1, 0.15) is 11.1 Å². The molecule has 105 valence electrons. The normalized spacial score (nSPS) is 9.71. The zero-order valence-corrected chi connectivity index (χ0v) is 10.5. The van der Waals surface area contributed by atoms with E-state index in [-0.39, 0.29) is 17.0 Å². The molecule has 0 saturated carbocycles. The topological polar surface area (TPSA) is 119 Å². The summed E-state index contributed by atoms with van der Waals surface area (Å²) in [6.45, 7) is 0. The van der Waals surface area contributed by atoms with Crippen LogP contribution in [0, 0.1) is 0 Å². The minimum absolute atomic E-state index is 0.192. The van der Waals surface area contributed by atoms with Crippen molar-refractivity contribution >= 4 is 19.6 Å². The van der Waals surface area contributed by atoms with Gasteiger partial charge < -0.3 is 19.4 Å². The number of nitrogens with one attached hydrogen (secondary N) is 1. The van der Waals surface area contributed by atoms with Gasteiger partial charge in [-0.15, -0.1) is 0 Å². The number of pyridine rings is 2. The number of hydrogen-bond acceptors (Lipinski definition) is 6. The molecule has 8 nitrogen and oxygen atoms in total. The third-order valence-corrected chi connectivity index (χ3v) is 2.35. The van der Waals surface area contributed by atoms with Crippen LogP contribution >= 0.6 is 0 Å². The lowest BCUT2D eigenvalue weighted by atomic mass is 10.2. The highest BCUT2D eigenvalue weighted by Crippen LogP contribution is 2.13. The van der Waals surface area contributed by atoms with Gasteiger partial charge in [-0.25, -0.2) is 14.6 Å². The minimum Gasteiger partial charge on any atom is -0.512 e. The fraction of sp³-hybridized carbons (Fsp3) is 0. The molecule has 21 heavy (non-hydrogen) atoms. The van der Waals surface area contributed by atoms with Crippen molar-refractivity contribution in [2.45, 2.75) is 0 Å². The molecule has 0 aliphatic heterocycles. The van der Waals surface area contributed by atoms with Crippen LogP contribution in [0.2, 0.25) is 0 Å². The number of carboxylic acids is 1. The molecule has 2 N–H and O–H groups in total. The van der Waals surface area contributed by atoms with Crippen LogP contribution < -0.4 is 10.2 Å². The van der Waals surface area contributed by atoms with E-state index in [4.69, 9.17) is 9.76 Å². The van der Waals surface area contributed by atoms with Crippen LogP contribution in [0.5, 0.6) is 5.88 Å². The van der Waals surface area contributed by atoms with Gasteiger partial charge in [0, 0.05) is 12.4 Å². The van der Waals surface area contributed by atoms with E-state index < -0.39 is 17.5 Å². The summed E-state index contributed by atoms with van der Waals surface area (Å²) in [5, 5.41) is 8.90. The van der Waals surface area contributed by atoms with Gasteiger partial charge in [-0.05, 0) is 24.3 Å². The molecular weight excluding hydrogens is 279 g/mol. The molecule has 0 aliphatic rings. The van der Waals surface area contributed by atoms with E-state index in [1.807, 2.05) is 0 Å². The van der Waals surface area contributed by atoms with Gasteiger partial charge >= 0.3 is 19.6 Å². The molecule has 2 aromatic rings. The molecule has 1 radical (unpaired) electrons. The number of hydrogen-bond donors (Lipinski definition) is 2. The van der Waals surface area contributed by atoms with Crippen molar-refractivity contribution in [1.29, 1.82) is 0 Å². The first-order valence-corrected chi connectivity index (χ1v) is 5.65. The number of H-pyrrole nitrogens is 1. The fourth-order valence-electron chi connectivity index (χ4n) is 1.41. The molecule has 2 heterocycles. The SMILES string of the molecule is O=C(O)c1cccnc1O[B]OC(=O)c1ccc[nH]c1=O. The standard InChI is InChI=1S/C12H8BN2O6/c16-9-7(3-1-5-14-9)12(19)21-13-20-10-8(11(17)18)4-2-6-15-10/h1-6H,(H,14,16)(H,17,18). The maximum atomic E-state index is 11.6. The second kappa shape index (κ2) is 6.37. The summed E-state index contributed by atoms with van der Waals surface area (Å²) in [5.41, 5.74) is -1.01. The van der Waals surface area contributed by atoms with E-state index in [1.165, 1.54) is 36.7 Å². The van der Waals surface area contributed by atoms with Crippen LogP contribution in [-0.4, -0.2) is 34.7 Å². The molecule has 0 bridgehead atoms. The average Bonchev–Trinajstić information content (AvgIpc) is 2.48. The summed E-state index contributed by atoms with van der Waals surface area (Å²) in [6.07, 6.45) is 2.69. The molecule has 0 saturated heterocycles. The Morgan fingerprint density at radius 3 is 2.71 bits per heavy atom. The van der Waals surface area contributed by atoms with Gasteiger partial charge in [-0.3, -0.25) is 4.79 Å². The largest absolute Gasteiger partial charge is 0.661 e. The van der Waals surface area contributed by atoms with Gasteiger partial charge in [0.25, 0.3) is 5.56 Å². The van der Waals surface area contributed by atoms with Gasteiger partial charge in [0.2, 0.25) is 5.88 Å². The molecule has 2 rings (SSSR count). The van der Waals surface area contributed by atoms with Crippen molar-refractivity contribution in [3.05, 3.63) is 58.1 Å². The molecule has 0 aromatic carbocycles. The summed E-state index contributed by atoms with van der Waals surface area (Å²) in [6, 6.07) is 5.44. The maximum Gasteiger partial charge on any atom is 0.661 e. The molecule has 0 amide bonds. The molecular formula is C12H8BN2O6. The summed E-state index contributed by atoms with van der Waals surface area (Å²) in [4.78, 5) is 39.8. The van der Waals surface area contributed by atoms with Crippen molar-refractivity contribution < 1.29 is 24.0 Å². The number of aromatic carboxylic acids is 1. The Morgan fingerprint density at radius 1 is 1.24 bits per heavy atom. The Labute approximate surface area is 118 Å². The zero-order valence-electron chi connectivity index (χ0n) is 10.5. The van der Waals surface area contributed by atoms with Crippen molar-refractivity contribution in [2.24, 2.45) is 0 Å². The number of rotatable bonds is 5. The lowest BCUT2D eigenvalue weighted by molar-refractivity contribution is 0.0694. The predicted molar refractivity (Wildman–Crippen MR) is 70.1 cm³/mol. The van der Waals surface area contributed by atoms with Crippen LogP contribution in [0.3, 0.4) is 0 Å². The first kappa shape index (κ1) is 14.3. The van der Waals surface area contributed by atoms with Crippen LogP contribution in [0.1, 0.15) is 20.7 Å². The summed E-state index contributed by atoms with van der Waals surface area (Å²) in [5.74, 6) is -2.42. The lowest BCUT2D eigenvalue weighted by Crippen LogP contribution is -2.22. The van der Waals surface area contributed by atoms with E-state index in [0.717, 1.165) is 0 Å². The predicted octanol–water partition coefficient (Wildman–Crippen LogP) is 0.238. The second-order valence-electron chi connectivity index (χ2n) is 3.69. The smallest absolute Gasteiger partial charge is 0.512 e. The highest BCUT2D eigenvalue weighted by Gasteiger charge is 2.17. The van der Waals surface area contributed by atoms with Crippen LogP contribution in [0.25, 0.3) is 0 Å². The molecule has 2 aromatic heterocycles. The monoisotopic (exact) mass is 287 g/mol. The average molecular weight is 287 g/mol. The molecule has 0 atom stereocenters. The van der Waals surface area contributed by atoms with E-state index in [1.54, 1.807) is 0 Å². The van der Waals surface area contributed by atoms with Crippen LogP contribution in [0.15, 0.2) is 41.5 Å². The van der Waals surface area contributed by atoms with E-state index in [2.05, 4.69) is 14.6 Å². The summed E-state index contributed by atoms with van der Waals surface area (Å²) < 4.78 is 9.47. The van der Waals surface area contributed by atoms with E-state index in [9.17, 15) is 14.4 Å². The molecule has 9 heteroatoms. The molecule has 0 aliphatic carbocycles. The van der Waals surface area contributed by atoms with Crippen LogP contribution in [0.4, 0.5) is 0 Å². The van der Waals surface area contributed by atoms with Crippen molar-refractivity contribution in [2.75, 3.05) is 0 Å². The van der Waals surface area contributed by atoms with Gasteiger partial charge in [-0.2, -0.15) is 0 Å². The molecule has 0 unspecified atom stereocenters. The number of carboxylic acid groups (broad SMARTS) is 1. The third kappa shape index (κ3) is 3.47. The van der Waals surface area contributed by atoms with Gasteiger partial charge in [0.05, 0.1) is 0 Å². The minimum atomic E-state index is -1.24. The fourth-order valence-corrected chi connectivity index (χ4v) is 1.41. The first-order valence-electron chi connectivity index (χ1n) is 5.65. The van der Waals surface area contributed by atoms with E-state index in [0.29, 0.717) is 7.69 Å². The number of aromatic amines is 1. The van der Waals surface area contributed by atoms with Crippen molar-refractivity contribution in [1.82, 2.24) is 9.97 Å². The Morgan fingerprint density at radius 2 is 2.00 bits per heavy atom. The van der Waals surface area contributed by atoms with Crippen LogP contribution in [-0.2, 0) is 4.65 Å². The number of carbonyl (C=O) groups excluding carboxylic acids is 1. The molecule has 0 spiro atoms. The highest BCUT2D eigenvalue weighted by molar-refractivity contribution is 6.25. The Bertz CT molecular complexity index is 729. The highest BCUT2D eigenvalue weighted by atomic mass is 16.6. The Hall–Kier alpha value is -3.10. The van der Waals surface area contributed by atoms with Crippen molar-refractivity contribution in [3.63, 3.8) is 0 Å². The molecule has 0 fully saturated rings. The van der Waals surface area contributed by atoms with Gasteiger partial charge in [0.15, 0.2) is 0 Å². The number of aromatic nitrogens is 2. The number of carbonyl (C=O) groups is 2. The maximum absolute atomic E-state index is 11.6. The van der Waals surface area contributed by atoms with Gasteiger partial charge in [-0.1, -0.05) is 0 Å². The Balaban J connectivity index is 1.99. The third-order valence-electron chi connectivity index (χ3n) is 2.35. The summed E-state index contributed by atoms with van der Waals surface area (Å²) >= 11 is 0. The quantitative estimate of drug-likeness (QED) is 0.756. The summed E-state index contributed by atoms with van der Waals surface area (Å²) in [7, 11) is 0.615. The zero-order chi connectivity index (χ0) is 15.2.